The number of anilines is 1. The number of likely N-dealkylation sites (tertiary alicyclic amines) is 1. The van der Waals surface area contributed by atoms with Crippen molar-refractivity contribution in [2.75, 3.05) is 44.7 Å². The number of hydrogen-bond acceptors (Lipinski definition) is 8. The first-order chi connectivity index (χ1) is 20.6. The molecule has 0 N–H and O–H groups in total. The lowest BCUT2D eigenvalue weighted by Crippen LogP contribution is -2.55. The summed E-state index contributed by atoms with van der Waals surface area (Å²) in [5, 5.41) is 2.82. The minimum Gasteiger partial charge on any atom is -0.462 e. The van der Waals surface area contributed by atoms with Crippen molar-refractivity contribution in [2.45, 2.75) is 77.4 Å². The van der Waals surface area contributed by atoms with Crippen LogP contribution in [0, 0.1) is 0 Å². The molecule has 3 aromatic rings. The summed E-state index contributed by atoms with van der Waals surface area (Å²) in [5.74, 6) is 0.825. The quantitative estimate of drug-likeness (QED) is 0.349. The van der Waals surface area contributed by atoms with E-state index in [0.29, 0.717) is 56.3 Å². The largest absolute Gasteiger partial charge is 0.462 e. The Kier molecular flexibility index (Phi) is 8.41. The Labute approximate surface area is 259 Å². The van der Waals surface area contributed by atoms with Gasteiger partial charge in [-0.15, -0.1) is 0 Å². The molecule has 2 saturated heterocycles. The number of amides is 1. The number of nitrogens with zero attached hydrogens (tertiary/aromatic N) is 5. The van der Waals surface area contributed by atoms with Crippen molar-refractivity contribution in [3.05, 3.63) is 58.2 Å². The molecule has 6 rings (SSSR count). The molecule has 1 aromatic heterocycles. The van der Waals surface area contributed by atoms with Crippen LogP contribution in [0.4, 0.5) is 10.6 Å². The molecule has 2 fully saturated rings. The number of rotatable bonds is 5. The highest BCUT2D eigenvalue weighted by atomic mass is 35.5. The molecule has 0 saturated carbocycles. The zero-order valence-electron chi connectivity index (χ0n) is 25.8. The molecular weight excluding hydrogens is 566 g/mol. The van der Waals surface area contributed by atoms with Crippen molar-refractivity contribution in [3.63, 3.8) is 0 Å². The molecule has 230 valence electrons. The molecule has 4 heterocycles. The SMILES string of the molecule is C[C@H]1CN(C(=O)OC(C)(C)C)CCN1c1nc(OC[C@@H]2CCCN2C)nc2c1COC(c1cccc3cccc(Cl)c13)C2. The van der Waals surface area contributed by atoms with Gasteiger partial charge in [0.2, 0.25) is 0 Å². The molecule has 0 bridgehead atoms. The molecule has 1 amide bonds. The summed E-state index contributed by atoms with van der Waals surface area (Å²) in [6.45, 7) is 11.5. The van der Waals surface area contributed by atoms with Gasteiger partial charge in [0.1, 0.15) is 18.0 Å². The van der Waals surface area contributed by atoms with E-state index in [-0.39, 0.29) is 18.2 Å². The number of likely N-dealkylation sites (N-methyl/N-ethyl adjacent to an activating group) is 1. The van der Waals surface area contributed by atoms with Gasteiger partial charge in [0.25, 0.3) is 0 Å². The lowest BCUT2D eigenvalue weighted by atomic mass is 9.94. The molecule has 1 unspecified atom stereocenters. The zero-order chi connectivity index (χ0) is 30.3. The van der Waals surface area contributed by atoms with Crippen molar-refractivity contribution < 1.29 is 19.0 Å². The average molecular weight is 608 g/mol. The zero-order valence-corrected chi connectivity index (χ0v) is 26.6. The van der Waals surface area contributed by atoms with E-state index in [1.54, 1.807) is 4.90 Å². The number of benzene rings is 2. The molecule has 0 spiro atoms. The van der Waals surface area contributed by atoms with Gasteiger partial charge in [-0.3, -0.25) is 0 Å². The average Bonchev–Trinajstić information content (AvgIpc) is 3.38. The highest BCUT2D eigenvalue weighted by Crippen LogP contribution is 2.39. The highest BCUT2D eigenvalue weighted by molar-refractivity contribution is 6.35. The third kappa shape index (κ3) is 6.40. The van der Waals surface area contributed by atoms with Crippen molar-refractivity contribution in [3.8, 4) is 6.01 Å². The number of fused-ring (bicyclic) bond motifs is 2. The van der Waals surface area contributed by atoms with Crippen molar-refractivity contribution >= 4 is 34.3 Å². The maximum Gasteiger partial charge on any atom is 0.410 e. The Morgan fingerprint density at radius 2 is 1.91 bits per heavy atom. The van der Waals surface area contributed by atoms with Gasteiger partial charge in [0.05, 0.1) is 18.4 Å². The Bertz CT molecular complexity index is 1490. The van der Waals surface area contributed by atoms with E-state index >= 15 is 0 Å². The van der Waals surface area contributed by atoms with Crippen molar-refractivity contribution in [2.24, 2.45) is 0 Å². The fraction of sp³-hybridized carbons (Fsp3) is 0.545. The lowest BCUT2D eigenvalue weighted by molar-refractivity contribution is 0.0209. The predicted octanol–water partition coefficient (Wildman–Crippen LogP) is 6.02. The summed E-state index contributed by atoms with van der Waals surface area (Å²) in [6, 6.07) is 13.0. The van der Waals surface area contributed by atoms with Gasteiger partial charge in [0.15, 0.2) is 0 Å². The highest BCUT2D eigenvalue weighted by Gasteiger charge is 2.35. The summed E-state index contributed by atoms with van der Waals surface area (Å²) in [6.07, 6.45) is 2.38. The van der Waals surface area contributed by atoms with Crippen LogP contribution in [-0.2, 0) is 22.5 Å². The minimum atomic E-state index is -0.537. The summed E-state index contributed by atoms with van der Waals surface area (Å²) in [7, 11) is 2.14. The molecule has 3 atom stereocenters. The van der Waals surface area contributed by atoms with Crippen molar-refractivity contribution in [1.29, 1.82) is 0 Å². The number of hydrogen-bond donors (Lipinski definition) is 0. The molecule has 0 radical (unpaired) electrons. The minimum absolute atomic E-state index is 0.0173. The van der Waals surface area contributed by atoms with Gasteiger partial charge in [-0.1, -0.05) is 41.9 Å². The Morgan fingerprint density at radius 1 is 1.12 bits per heavy atom. The fourth-order valence-electron chi connectivity index (χ4n) is 6.45. The maximum absolute atomic E-state index is 12.8. The van der Waals surface area contributed by atoms with E-state index in [4.69, 9.17) is 35.8 Å². The summed E-state index contributed by atoms with van der Waals surface area (Å²) in [4.78, 5) is 29.1. The molecule has 0 aliphatic carbocycles. The first-order valence-corrected chi connectivity index (χ1v) is 15.7. The van der Waals surface area contributed by atoms with Crippen LogP contribution >= 0.6 is 11.6 Å². The summed E-state index contributed by atoms with van der Waals surface area (Å²) < 4.78 is 18.5. The number of ether oxygens (including phenoxy) is 3. The molecular formula is C33H42ClN5O4. The first-order valence-electron chi connectivity index (χ1n) is 15.3. The van der Waals surface area contributed by atoms with Crippen LogP contribution in [0.1, 0.15) is 63.5 Å². The molecule has 9 nitrogen and oxygen atoms in total. The number of carbonyl (C=O) groups excluding carboxylic acids is 1. The Morgan fingerprint density at radius 3 is 2.63 bits per heavy atom. The monoisotopic (exact) mass is 607 g/mol. The van der Waals surface area contributed by atoms with E-state index in [1.165, 1.54) is 6.42 Å². The normalized spacial score (nSPS) is 23.0. The van der Waals surface area contributed by atoms with E-state index in [0.717, 1.165) is 46.4 Å². The van der Waals surface area contributed by atoms with Gasteiger partial charge >= 0.3 is 12.1 Å². The predicted molar refractivity (Wildman–Crippen MR) is 168 cm³/mol. The maximum atomic E-state index is 12.8. The summed E-state index contributed by atoms with van der Waals surface area (Å²) >= 11 is 6.69. The first kappa shape index (κ1) is 29.9. The fourth-order valence-corrected chi connectivity index (χ4v) is 6.74. The molecule has 3 aliphatic heterocycles. The molecule has 43 heavy (non-hydrogen) atoms. The Balaban J connectivity index is 1.30. The molecule has 10 heteroatoms. The number of piperazine rings is 1. The second-order valence-electron chi connectivity index (χ2n) is 13.0. The Hall–Kier alpha value is -3.14. The van der Waals surface area contributed by atoms with E-state index in [1.807, 2.05) is 32.9 Å². The van der Waals surface area contributed by atoms with Crippen LogP contribution in [0.15, 0.2) is 36.4 Å². The third-order valence-corrected chi connectivity index (χ3v) is 9.03. The second kappa shape index (κ2) is 12.1. The second-order valence-corrected chi connectivity index (χ2v) is 13.4. The lowest BCUT2D eigenvalue weighted by Gasteiger charge is -2.42. The van der Waals surface area contributed by atoms with Crippen LogP contribution in [0.3, 0.4) is 0 Å². The van der Waals surface area contributed by atoms with Crippen molar-refractivity contribution in [1.82, 2.24) is 19.8 Å². The van der Waals surface area contributed by atoms with Crippen LogP contribution < -0.4 is 9.64 Å². The number of aromatic nitrogens is 2. The van der Waals surface area contributed by atoms with Crippen LogP contribution in [-0.4, -0.2) is 83.4 Å². The van der Waals surface area contributed by atoms with E-state index in [9.17, 15) is 4.79 Å². The van der Waals surface area contributed by atoms with E-state index < -0.39 is 5.60 Å². The van der Waals surface area contributed by atoms with Gasteiger partial charge in [-0.2, -0.15) is 9.97 Å². The number of carbonyl (C=O) groups is 1. The van der Waals surface area contributed by atoms with Crippen LogP contribution in [0.5, 0.6) is 6.01 Å². The third-order valence-electron chi connectivity index (χ3n) is 8.72. The number of halogens is 1. The molecule has 3 aliphatic rings. The van der Waals surface area contributed by atoms with Gasteiger partial charge in [-0.05, 0) is 71.1 Å². The van der Waals surface area contributed by atoms with Gasteiger partial charge < -0.3 is 28.9 Å². The van der Waals surface area contributed by atoms with Gasteiger partial charge in [-0.25, -0.2) is 4.79 Å². The van der Waals surface area contributed by atoms with Crippen LogP contribution in [0.25, 0.3) is 10.8 Å². The van der Waals surface area contributed by atoms with Crippen LogP contribution in [0.2, 0.25) is 5.02 Å². The van der Waals surface area contributed by atoms with E-state index in [2.05, 4.69) is 48.0 Å². The topological polar surface area (TPSA) is 80.3 Å². The smallest absolute Gasteiger partial charge is 0.410 e. The standard InChI is InChI=1S/C33H42ClN5O4/c1-21-18-38(32(40)43-33(2,3)4)15-16-39(21)30-25-20-41-28(24-12-6-9-22-10-7-13-26(34)29(22)24)17-27(25)35-31(36-30)42-19-23-11-8-14-37(23)5/h6-7,9-10,12-13,21,23,28H,8,11,14-20H2,1-5H3/t21-,23-,28?/m0/s1. The molecule has 2 aromatic carbocycles. The summed E-state index contributed by atoms with van der Waals surface area (Å²) in [5.41, 5.74) is 2.43. The van der Waals surface area contributed by atoms with Gasteiger partial charge in [0, 0.05) is 54.1 Å².